The molecule has 17 nitrogen and oxygen atoms in total. The van der Waals surface area contributed by atoms with E-state index in [1.165, 1.54) is 0 Å². The Balaban J connectivity index is 1.60. The summed E-state index contributed by atoms with van der Waals surface area (Å²) in [6, 6.07) is -0.910. The summed E-state index contributed by atoms with van der Waals surface area (Å²) in [5.41, 5.74) is 5.06. The number of carbonyl (C=O) groups excluding carboxylic acids is 2. The molecule has 1 saturated heterocycles. The highest BCUT2D eigenvalue weighted by Crippen LogP contribution is 2.57. The molecule has 0 aromatic carbocycles. The molecule has 0 bridgehead atoms. The highest BCUT2D eigenvalue weighted by Gasteiger charge is 2.49. The van der Waals surface area contributed by atoms with Gasteiger partial charge in [0.1, 0.15) is 18.9 Å². The van der Waals surface area contributed by atoms with Gasteiger partial charge in [0, 0.05) is 24.2 Å². The molecule has 0 saturated carbocycles. The molecule has 3 heterocycles. The second-order valence-corrected chi connectivity index (χ2v) is 9.07. The molecule has 3 rings (SSSR count). The first kappa shape index (κ1) is 22.8. The fourth-order valence-electron chi connectivity index (χ4n) is 2.57. The molecular weight excluding hydrogens is 475 g/mol. The number of urea groups is 1. The standard InChI is InChI=1S/C10H10N5O12P3/c11-9-13-7-6(8(17)14-9)12-10(18)15(7)5-1-3(16)4(25-5)2-24-29(21)27-30(22,23)26-28(19)20/h3-5,16H,1-2H2,(H2-2,11,14,17,19,20,22,23)/p+2. The van der Waals surface area contributed by atoms with Crippen molar-refractivity contribution < 1.29 is 56.1 Å². The number of aliphatic imine (C=N–C) groups is 3. The third-order valence-electron chi connectivity index (χ3n) is 3.67. The summed E-state index contributed by atoms with van der Waals surface area (Å²) in [6.07, 6.45) is -3.78. The van der Waals surface area contributed by atoms with E-state index < -0.39 is 67.3 Å². The zero-order valence-corrected chi connectivity index (χ0v) is 17.1. The molecule has 0 aromatic rings. The van der Waals surface area contributed by atoms with Gasteiger partial charge in [-0.1, -0.05) is 0 Å². The van der Waals surface area contributed by atoms with Crippen LogP contribution in [-0.2, 0) is 36.4 Å². The van der Waals surface area contributed by atoms with Gasteiger partial charge in [-0.25, -0.2) is 14.3 Å². The average Bonchev–Trinajstić information content (AvgIpc) is 3.10. The highest BCUT2D eigenvalue weighted by molar-refractivity contribution is 7.61. The summed E-state index contributed by atoms with van der Waals surface area (Å²) in [5.74, 6) is -1.48. The number of aliphatic hydroxyl groups is 1. The fourth-order valence-corrected chi connectivity index (χ4v) is 4.80. The van der Waals surface area contributed by atoms with E-state index in [0.29, 0.717) is 0 Å². The lowest BCUT2D eigenvalue weighted by atomic mass is 10.2. The van der Waals surface area contributed by atoms with E-state index in [9.17, 15) is 28.4 Å². The van der Waals surface area contributed by atoms with Crippen molar-refractivity contribution >= 4 is 53.8 Å². The molecule has 30 heavy (non-hydrogen) atoms. The van der Waals surface area contributed by atoms with Gasteiger partial charge < -0.3 is 15.6 Å². The Kier molecular flexibility index (Phi) is 6.60. The maximum absolute atomic E-state index is 12.1. The zero-order chi connectivity index (χ0) is 22.2. The lowest BCUT2D eigenvalue weighted by Gasteiger charge is -2.23. The summed E-state index contributed by atoms with van der Waals surface area (Å²) in [6.45, 7) is -0.636. The van der Waals surface area contributed by atoms with Crippen LogP contribution in [0.4, 0.5) is 4.79 Å². The van der Waals surface area contributed by atoms with Gasteiger partial charge in [-0.05, 0) is 0 Å². The minimum atomic E-state index is -5.13. The number of guanidine groups is 1. The van der Waals surface area contributed by atoms with Crippen LogP contribution in [-0.4, -0.2) is 74.3 Å². The first-order valence-electron chi connectivity index (χ1n) is 7.68. The van der Waals surface area contributed by atoms with Crippen molar-refractivity contribution in [2.75, 3.05) is 6.61 Å². The van der Waals surface area contributed by atoms with Crippen molar-refractivity contribution in [2.45, 2.75) is 24.9 Å². The predicted octanol–water partition coefficient (Wildman–Crippen LogP) is -0.950. The number of carbonyl (C=O) groups is 2. The maximum Gasteiger partial charge on any atom is 0.708 e. The van der Waals surface area contributed by atoms with Crippen molar-refractivity contribution in [3.8, 4) is 0 Å². The van der Waals surface area contributed by atoms with E-state index >= 15 is 0 Å². The second kappa shape index (κ2) is 8.69. The van der Waals surface area contributed by atoms with Crippen LogP contribution in [0.5, 0.6) is 0 Å². The van der Waals surface area contributed by atoms with E-state index in [-0.39, 0.29) is 18.0 Å². The summed E-state index contributed by atoms with van der Waals surface area (Å²) >= 11 is 0. The number of nitrogens with zero attached hydrogens (tertiary/aromatic N) is 4. The quantitative estimate of drug-likeness (QED) is 0.302. The molecule has 3 aliphatic rings. The number of amides is 3. The van der Waals surface area contributed by atoms with Crippen LogP contribution in [0.15, 0.2) is 15.0 Å². The van der Waals surface area contributed by atoms with Crippen molar-refractivity contribution in [2.24, 2.45) is 20.7 Å². The van der Waals surface area contributed by atoms with Crippen molar-refractivity contribution in [3.05, 3.63) is 0 Å². The molecule has 0 aromatic heterocycles. The third kappa shape index (κ3) is 5.04. The Morgan fingerprint density at radius 1 is 1.27 bits per heavy atom. The monoisotopic (exact) mass is 487 g/mol. The number of aliphatic hydroxyl groups excluding tert-OH is 1. The second-order valence-electron chi connectivity index (χ2n) is 5.64. The van der Waals surface area contributed by atoms with Gasteiger partial charge in [0.15, 0.2) is 11.5 Å². The highest BCUT2D eigenvalue weighted by atomic mass is 31.3. The van der Waals surface area contributed by atoms with E-state index in [2.05, 4.69) is 28.1 Å². The summed E-state index contributed by atoms with van der Waals surface area (Å²) in [4.78, 5) is 52.9. The molecule has 6 atom stereocenters. The van der Waals surface area contributed by atoms with Gasteiger partial charge in [-0.2, -0.15) is 15.0 Å². The molecule has 20 heteroatoms. The summed E-state index contributed by atoms with van der Waals surface area (Å²) in [5, 5.41) is 10.1. The average molecular weight is 487 g/mol. The largest absolute Gasteiger partial charge is 0.708 e. The number of fused-ring (bicyclic) bond motifs is 1. The Hall–Kier alpha value is -1.90. The molecule has 162 valence electrons. The topological polar surface area (TPSA) is 249 Å². The van der Waals surface area contributed by atoms with Crippen LogP contribution in [0.25, 0.3) is 0 Å². The first-order valence-corrected chi connectivity index (χ1v) is 11.4. The van der Waals surface area contributed by atoms with Crippen LogP contribution in [0.3, 0.4) is 0 Å². The van der Waals surface area contributed by atoms with Gasteiger partial charge >= 0.3 is 36.3 Å². The number of hydrogen-bond donors (Lipinski definition) is 4. The van der Waals surface area contributed by atoms with Crippen molar-refractivity contribution in [3.63, 3.8) is 0 Å². The van der Waals surface area contributed by atoms with Gasteiger partial charge in [0.05, 0.1) is 6.10 Å². The molecular formula is C10H12N5O12P3+2. The number of nitrogens with two attached hydrogens (primary N) is 1. The summed E-state index contributed by atoms with van der Waals surface area (Å²) in [7, 11) is -12.0. The molecule has 3 amide bonds. The van der Waals surface area contributed by atoms with Gasteiger partial charge in [0.2, 0.25) is 5.96 Å². The molecule has 0 aliphatic carbocycles. The maximum atomic E-state index is 12.1. The van der Waals surface area contributed by atoms with Crippen LogP contribution >= 0.6 is 24.3 Å². The minimum Gasteiger partial charge on any atom is -0.390 e. The molecule has 5 N–H and O–H groups in total. The molecule has 3 aliphatic heterocycles. The van der Waals surface area contributed by atoms with E-state index in [1.54, 1.807) is 0 Å². The number of ether oxygens (including phenoxy) is 1. The van der Waals surface area contributed by atoms with Gasteiger partial charge in [0.25, 0.3) is 0 Å². The van der Waals surface area contributed by atoms with Crippen LogP contribution in [0, 0.1) is 0 Å². The lowest BCUT2D eigenvalue weighted by Crippen LogP contribution is -2.45. The molecule has 0 radical (unpaired) electrons. The van der Waals surface area contributed by atoms with E-state index in [0.717, 1.165) is 4.90 Å². The Morgan fingerprint density at radius 2 is 1.97 bits per heavy atom. The normalized spacial score (nSPS) is 29.1. The Morgan fingerprint density at radius 3 is 2.63 bits per heavy atom. The van der Waals surface area contributed by atoms with E-state index in [4.69, 9.17) is 20.3 Å². The van der Waals surface area contributed by atoms with Gasteiger partial charge in [-0.15, -0.1) is 9.42 Å². The number of hydrogen-bond acceptors (Lipinski definition) is 12. The van der Waals surface area contributed by atoms with Crippen molar-refractivity contribution in [1.82, 2.24) is 4.90 Å². The van der Waals surface area contributed by atoms with Crippen molar-refractivity contribution in [1.29, 1.82) is 0 Å². The Bertz CT molecular complexity index is 964. The fraction of sp³-hybridized carbons (Fsp3) is 0.500. The lowest BCUT2D eigenvalue weighted by molar-refractivity contribution is -0.111. The minimum absolute atomic E-state index is 0.183. The zero-order valence-electron chi connectivity index (χ0n) is 14.4. The third-order valence-corrected chi connectivity index (χ3v) is 6.77. The Labute approximate surface area is 167 Å². The molecule has 6 unspecified atom stereocenters. The first-order chi connectivity index (χ1) is 14.0. The summed E-state index contributed by atoms with van der Waals surface area (Å²) < 4.78 is 50.9. The number of rotatable bonds is 8. The smallest absolute Gasteiger partial charge is 0.390 e. The predicted molar refractivity (Wildman–Crippen MR) is 93.4 cm³/mol. The number of amidine groups is 1. The molecule has 1 fully saturated rings. The van der Waals surface area contributed by atoms with E-state index in [1.807, 2.05) is 0 Å². The number of phosphoric acid groups is 1. The van der Waals surface area contributed by atoms with Crippen LogP contribution in [0.1, 0.15) is 6.42 Å². The SMILES string of the molecule is NC1=NC(=O)C2=NC(=O)N(C3CC(O)C(CO[P+](=O)OP(=O)(O)O[P+](=O)O)O3)C2=N1. The van der Waals surface area contributed by atoms with Crippen LogP contribution in [0.2, 0.25) is 0 Å². The van der Waals surface area contributed by atoms with Crippen LogP contribution < -0.4 is 5.73 Å². The van der Waals surface area contributed by atoms with Gasteiger partial charge in [-0.3, -0.25) is 9.69 Å². The molecule has 0 spiro atoms.